The van der Waals surface area contributed by atoms with E-state index < -0.39 is 0 Å². The van der Waals surface area contributed by atoms with E-state index in [4.69, 9.17) is 4.74 Å². The van der Waals surface area contributed by atoms with E-state index in [-0.39, 0.29) is 0 Å². The van der Waals surface area contributed by atoms with Crippen molar-refractivity contribution in [1.82, 2.24) is 9.97 Å². The lowest BCUT2D eigenvalue weighted by atomic mass is 9.99. The van der Waals surface area contributed by atoms with Gasteiger partial charge in [-0.05, 0) is 36.8 Å². The van der Waals surface area contributed by atoms with Crippen LogP contribution in [-0.2, 0) is 6.42 Å². The van der Waals surface area contributed by atoms with Gasteiger partial charge in [-0.15, -0.1) is 0 Å². The van der Waals surface area contributed by atoms with Crippen LogP contribution in [0.1, 0.15) is 31.5 Å². The van der Waals surface area contributed by atoms with E-state index in [1.807, 2.05) is 13.1 Å². The molecule has 0 N–H and O–H groups in total. The third-order valence-electron chi connectivity index (χ3n) is 3.42. The first-order chi connectivity index (χ1) is 9.60. The average Bonchev–Trinajstić information content (AvgIpc) is 2.45. The van der Waals surface area contributed by atoms with Crippen LogP contribution in [0.15, 0.2) is 30.5 Å². The molecule has 0 unspecified atom stereocenters. The quantitative estimate of drug-likeness (QED) is 0.822. The molecule has 3 nitrogen and oxygen atoms in total. The van der Waals surface area contributed by atoms with Crippen LogP contribution in [0.4, 0.5) is 0 Å². The van der Waals surface area contributed by atoms with E-state index in [1.54, 1.807) is 7.11 Å². The molecule has 0 saturated heterocycles. The molecular weight excluding hydrogens is 248 g/mol. The fourth-order valence-electron chi connectivity index (χ4n) is 2.13. The van der Waals surface area contributed by atoms with Gasteiger partial charge < -0.3 is 4.74 Å². The van der Waals surface area contributed by atoms with E-state index in [0.717, 1.165) is 29.2 Å². The smallest absolute Gasteiger partial charge is 0.316 e. The van der Waals surface area contributed by atoms with Crippen molar-refractivity contribution in [2.24, 2.45) is 5.92 Å². The molecule has 0 fully saturated rings. The van der Waals surface area contributed by atoms with Gasteiger partial charge in [0.1, 0.15) is 0 Å². The van der Waals surface area contributed by atoms with Crippen LogP contribution in [0.3, 0.4) is 0 Å². The van der Waals surface area contributed by atoms with Crippen LogP contribution in [0.25, 0.3) is 11.1 Å². The SMILES string of the molecule is COc1ncc(-c2ccc(CCC(C)C)cc2)c(C)n1. The molecule has 1 heterocycles. The van der Waals surface area contributed by atoms with Crippen molar-refractivity contribution in [3.63, 3.8) is 0 Å². The fraction of sp³-hybridized carbons (Fsp3) is 0.412. The summed E-state index contributed by atoms with van der Waals surface area (Å²) >= 11 is 0. The minimum absolute atomic E-state index is 0.416. The van der Waals surface area contributed by atoms with Crippen LogP contribution in [-0.4, -0.2) is 17.1 Å². The van der Waals surface area contributed by atoms with Gasteiger partial charge in [-0.2, -0.15) is 4.98 Å². The molecule has 2 aromatic rings. The zero-order chi connectivity index (χ0) is 14.5. The molecule has 3 heteroatoms. The van der Waals surface area contributed by atoms with E-state index >= 15 is 0 Å². The number of benzene rings is 1. The standard InChI is InChI=1S/C17H22N2O/c1-12(2)5-6-14-7-9-15(10-8-14)16-11-18-17(20-4)19-13(16)3/h7-12H,5-6H2,1-4H3. The Kier molecular flexibility index (Phi) is 4.72. The lowest BCUT2D eigenvalue weighted by molar-refractivity contribution is 0.379. The highest BCUT2D eigenvalue weighted by Crippen LogP contribution is 2.23. The molecule has 106 valence electrons. The predicted molar refractivity (Wildman–Crippen MR) is 81.9 cm³/mol. The highest BCUT2D eigenvalue weighted by atomic mass is 16.5. The van der Waals surface area contributed by atoms with E-state index in [1.165, 1.54) is 12.0 Å². The van der Waals surface area contributed by atoms with Crippen molar-refractivity contribution in [1.29, 1.82) is 0 Å². The molecule has 0 aliphatic heterocycles. The number of hydrogen-bond acceptors (Lipinski definition) is 3. The number of nitrogens with zero attached hydrogens (tertiary/aromatic N) is 2. The second-order valence-corrected chi connectivity index (χ2v) is 5.49. The molecule has 20 heavy (non-hydrogen) atoms. The fourth-order valence-corrected chi connectivity index (χ4v) is 2.13. The van der Waals surface area contributed by atoms with Crippen molar-refractivity contribution < 1.29 is 4.74 Å². The Morgan fingerprint density at radius 3 is 2.40 bits per heavy atom. The zero-order valence-electron chi connectivity index (χ0n) is 12.7. The second-order valence-electron chi connectivity index (χ2n) is 5.49. The second kappa shape index (κ2) is 6.51. The Balaban J connectivity index is 2.17. The molecule has 0 aliphatic carbocycles. The lowest BCUT2D eigenvalue weighted by Crippen LogP contribution is -1.96. The molecule has 0 bridgehead atoms. The van der Waals surface area contributed by atoms with Gasteiger partial charge in [0.05, 0.1) is 12.8 Å². The first-order valence-electron chi connectivity index (χ1n) is 7.07. The molecule has 2 rings (SSSR count). The van der Waals surface area contributed by atoms with Gasteiger partial charge in [-0.1, -0.05) is 38.1 Å². The van der Waals surface area contributed by atoms with Crippen molar-refractivity contribution in [2.45, 2.75) is 33.6 Å². The number of rotatable bonds is 5. The summed E-state index contributed by atoms with van der Waals surface area (Å²) in [5.41, 5.74) is 4.53. The molecule has 0 spiro atoms. The van der Waals surface area contributed by atoms with Gasteiger partial charge in [0.25, 0.3) is 0 Å². The van der Waals surface area contributed by atoms with Crippen LogP contribution in [0, 0.1) is 12.8 Å². The minimum Gasteiger partial charge on any atom is -0.467 e. The summed E-state index contributed by atoms with van der Waals surface area (Å²) in [5, 5.41) is 0. The monoisotopic (exact) mass is 270 g/mol. The Hall–Kier alpha value is -1.90. The first-order valence-corrected chi connectivity index (χ1v) is 7.07. The van der Waals surface area contributed by atoms with Crippen molar-refractivity contribution >= 4 is 0 Å². The maximum Gasteiger partial charge on any atom is 0.316 e. The average molecular weight is 270 g/mol. The largest absolute Gasteiger partial charge is 0.467 e. The van der Waals surface area contributed by atoms with E-state index in [9.17, 15) is 0 Å². The normalized spacial score (nSPS) is 10.8. The first kappa shape index (κ1) is 14.5. The van der Waals surface area contributed by atoms with Crippen LogP contribution < -0.4 is 4.74 Å². The lowest BCUT2D eigenvalue weighted by Gasteiger charge is -2.08. The molecule has 0 amide bonds. The van der Waals surface area contributed by atoms with Crippen LogP contribution in [0.2, 0.25) is 0 Å². The molecular formula is C17H22N2O. The van der Waals surface area contributed by atoms with Gasteiger partial charge >= 0.3 is 6.01 Å². The number of hydrogen-bond donors (Lipinski definition) is 0. The summed E-state index contributed by atoms with van der Waals surface area (Å²) in [4.78, 5) is 8.50. The Bertz CT molecular complexity index is 562. The third-order valence-corrected chi connectivity index (χ3v) is 3.42. The molecule has 1 aromatic heterocycles. The van der Waals surface area contributed by atoms with E-state index in [2.05, 4.69) is 48.1 Å². The molecule has 0 aliphatic rings. The highest BCUT2D eigenvalue weighted by Gasteiger charge is 2.06. The Labute approximate surface area is 121 Å². The number of methoxy groups -OCH3 is 1. The van der Waals surface area contributed by atoms with Gasteiger partial charge in [-0.25, -0.2) is 4.98 Å². The summed E-state index contributed by atoms with van der Waals surface area (Å²) < 4.78 is 5.04. The van der Waals surface area contributed by atoms with Gasteiger partial charge in [0, 0.05) is 11.8 Å². The maximum absolute atomic E-state index is 5.04. The topological polar surface area (TPSA) is 35.0 Å². The van der Waals surface area contributed by atoms with Gasteiger partial charge in [0.15, 0.2) is 0 Å². The number of ether oxygens (including phenoxy) is 1. The van der Waals surface area contributed by atoms with Crippen molar-refractivity contribution in [2.75, 3.05) is 7.11 Å². The molecule has 1 aromatic carbocycles. The third kappa shape index (κ3) is 3.56. The Morgan fingerprint density at radius 2 is 1.85 bits per heavy atom. The summed E-state index contributed by atoms with van der Waals surface area (Å²) in [7, 11) is 1.58. The summed E-state index contributed by atoms with van der Waals surface area (Å²) in [5.74, 6) is 0.743. The van der Waals surface area contributed by atoms with E-state index in [0.29, 0.717) is 6.01 Å². The number of aryl methyl sites for hydroxylation is 2. The minimum atomic E-state index is 0.416. The highest BCUT2D eigenvalue weighted by molar-refractivity contribution is 5.65. The predicted octanol–water partition coefficient (Wildman–Crippen LogP) is 4.05. The summed E-state index contributed by atoms with van der Waals surface area (Å²) in [6, 6.07) is 9.10. The van der Waals surface area contributed by atoms with Crippen LogP contribution in [0.5, 0.6) is 6.01 Å². The van der Waals surface area contributed by atoms with Gasteiger partial charge in [0.2, 0.25) is 0 Å². The molecule has 0 atom stereocenters. The summed E-state index contributed by atoms with van der Waals surface area (Å²) in [6.45, 7) is 6.49. The van der Waals surface area contributed by atoms with Crippen molar-refractivity contribution in [3.8, 4) is 17.1 Å². The Morgan fingerprint density at radius 1 is 1.15 bits per heavy atom. The maximum atomic E-state index is 5.04. The summed E-state index contributed by atoms with van der Waals surface area (Å²) in [6.07, 6.45) is 4.18. The molecule has 0 saturated carbocycles. The molecule has 0 radical (unpaired) electrons. The van der Waals surface area contributed by atoms with Crippen molar-refractivity contribution in [3.05, 3.63) is 41.7 Å². The van der Waals surface area contributed by atoms with Gasteiger partial charge in [-0.3, -0.25) is 0 Å². The zero-order valence-corrected chi connectivity index (χ0v) is 12.7. The van der Waals surface area contributed by atoms with Crippen LogP contribution >= 0.6 is 0 Å². The number of aromatic nitrogens is 2.